The molecule has 8 heteroatoms. The lowest BCUT2D eigenvalue weighted by molar-refractivity contribution is -0.141. The van der Waals surface area contributed by atoms with E-state index in [4.69, 9.17) is 0 Å². The molecule has 0 spiro atoms. The summed E-state index contributed by atoms with van der Waals surface area (Å²) >= 11 is 0. The van der Waals surface area contributed by atoms with Gasteiger partial charge in [0.2, 0.25) is 0 Å². The first-order valence-corrected chi connectivity index (χ1v) is 9.78. The van der Waals surface area contributed by atoms with Crippen LogP contribution in [0, 0.1) is 5.92 Å². The lowest BCUT2D eigenvalue weighted by Crippen LogP contribution is -2.51. The molecule has 1 aromatic carbocycles. The van der Waals surface area contributed by atoms with Crippen molar-refractivity contribution in [2.24, 2.45) is 5.92 Å². The standard InChI is InChI=1S/C21H26F2N4O2/c1-14(2)11-18(28)21(29)27-9-7-26(8-10-27)19-12-17(24-13-25-19)15-5-3-4-6-16(15)20(22)23/h3-6,12-14,18,20,28H,7-11H2,1-2H3. The van der Waals surface area contributed by atoms with E-state index in [1.165, 1.54) is 12.4 Å². The number of aliphatic hydroxyl groups is 1. The van der Waals surface area contributed by atoms with Crippen LogP contribution in [0.25, 0.3) is 11.3 Å². The molecule has 1 N–H and O–H groups in total. The predicted molar refractivity (Wildman–Crippen MR) is 107 cm³/mol. The predicted octanol–water partition coefficient (Wildman–Crippen LogP) is 3.14. The molecule has 1 aliphatic rings. The van der Waals surface area contributed by atoms with E-state index in [0.29, 0.717) is 49.7 Å². The van der Waals surface area contributed by atoms with Gasteiger partial charge in [-0.05, 0) is 12.3 Å². The van der Waals surface area contributed by atoms with Crippen LogP contribution in [0.4, 0.5) is 14.6 Å². The molecule has 2 heterocycles. The van der Waals surface area contributed by atoms with Crippen molar-refractivity contribution in [2.45, 2.75) is 32.8 Å². The molecular weight excluding hydrogens is 378 g/mol. The van der Waals surface area contributed by atoms with Gasteiger partial charge >= 0.3 is 0 Å². The molecule has 1 atom stereocenters. The molecule has 1 saturated heterocycles. The molecule has 2 aromatic rings. The summed E-state index contributed by atoms with van der Waals surface area (Å²) in [6, 6.07) is 8.01. The summed E-state index contributed by atoms with van der Waals surface area (Å²) in [5.74, 6) is 0.632. The van der Waals surface area contributed by atoms with Crippen molar-refractivity contribution < 1.29 is 18.7 Å². The van der Waals surface area contributed by atoms with Gasteiger partial charge in [0.15, 0.2) is 0 Å². The largest absolute Gasteiger partial charge is 0.383 e. The second kappa shape index (κ2) is 9.26. The number of amides is 1. The maximum Gasteiger partial charge on any atom is 0.264 e. The van der Waals surface area contributed by atoms with Gasteiger partial charge in [-0.3, -0.25) is 4.79 Å². The number of carbonyl (C=O) groups is 1. The van der Waals surface area contributed by atoms with Crippen LogP contribution in [0.15, 0.2) is 36.7 Å². The summed E-state index contributed by atoms with van der Waals surface area (Å²) in [4.78, 5) is 24.5. The van der Waals surface area contributed by atoms with Crippen LogP contribution in [0.3, 0.4) is 0 Å². The smallest absolute Gasteiger partial charge is 0.264 e. The highest BCUT2D eigenvalue weighted by molar-refractivity contribution is 5.81. The van der Waals surface area contributed by atoms with Crippen LogP contribution in [-0.2, 0) is 4.79 Å². The van der Waals surface area contributed by atoms with Crippen molar-refractivity contribution in [3.05, 3.63) is 42.2 Å². The summed E-state index contributed by atoms with van der Waals surface area (Å²) in [7, 11) is 0. The van der Waals surface area contributed by atoms with E-state index >= 15 is 0 Å². The first-order valence-electron chi connectivity index (χ1n) is 9.78. The Morgan fingerprint density at radius 2 is 1.83 bits per heavy atom. The minimum absolute atomic E-state index is 0.0632. The molecule has 0 saturated carbocycles. The van der Waals surface area contributed by atoms with Crippen molar-refractivity contribution in [1.29, 1.82) is 0 Å². The number of rotatable bonds is 6. The Labute approximate surface area is 169 Å². The van der Waals surface area contributed by atoms with E-state index in [1.54, 1.807) is 29.2 Å². The number of halogens is 2. The zero-order valence-corrected chi connectivity index (χ0v) is 16.6. The summed E-state index contributed by atoms with van der Waals surface area (Å²) < 4.78 is 26.6. The Balaban J connectivity index is 1.70. The summed E-state index contributed by atoms with van der Waals surface area (Å²) in [5.41, 5.74) is 0.764. The number of hydrogen-bond acceptors (Lipinski definition) is 5. The highest BCUT2D eigenvalue weighted by Crippen LogP contribution is 2.31. The number of carbonyl (C=O) groups excluding carboxylic acids is 1. The van der Waals surface area contributed by atoms with E-state index in [1.807, 2.05) is 18.7 Å². The van der Waals surface area contributed by atoms with Gasteiger partial charge in [0, 0.05) is 43.4 Å². The first-order chi connectivity index (χ1) is 13.9. The molecule has 29 heavy (non-hydrogen) atoms. The highest BCUT2D eigenvalue weighted by atomic mass is 19.3. The second-order valence-corrected chi connectivity index (χ2v) is 7.61. The van der Waals surface area contributed by atoms with Gasteiger partial charge in [0.05, 0.1) is 5.69 Å². The van der Waals surface area contributed by atoms with Crippen LogP contribution in [0.5, 0.6) is 0 Å². The minimum Gasteiger partial charge on any atom is -0.383 e. The fourth-order valence-corrected chi connectivity index (χ4v) is 3.50. The molecule has 3 rings (SSSR count). The Bertz CT molecular complexity index is 839. The minimum atomic E-state index is -2.59. The van der Waals surface area contributed by atoms with E-state index in [0.717, 1.165) is 0 Å². The molecule has 1 aliphatic heterocycles. The summed E-state index contributed by atoms with van der Waals surface area (Å²) in [6.45, 7) is 5.97. The quantitative estimate of drug-likeness (QED) is 0.801. The summed E-state index contributed by atoms with van der Waals surface area (Å²) in [5, 5.41) is 10.1. The fraction of sp³-hybridized carbons (Fsp3) is 0.476. The number of aliphatic hydroxyl groups excluding tert-OH is 1. The maximum absolute atomic E-state index is 13.3. The van der Waals surface area contributed by atoms with Gasteiger partial charge < -0.3 is 14.9 Å². The van der Waals surface area contributed by atoms with Crippen molar-refractivity contribution in [3.8, 4) is 11.3 Å². The lowest BCUT2D eigenvalue weighted by Gasteiger charge is -2.36. The number of benzene rings is 1. The van der Waals surface area contributed by atoms with Crippen LogP contribution >= 0.6 is 0 Å². The van der Waals surface area contributed by atoms with Gasteiger partial charge in [-0.1, -0.05) is 38.1 Å². The molecule has 1 unspecified atom stereocenters. The van der Waals surface area contributed by atoms with Crippen LogP contribution < -0.4 is 4.90 Å². The Morgan fingerprint density at radius 1 is 1.14 bits per heavy atom. The summed E-state index contributed by atoms with van der Waals surface area (Å²) in [6.07, 6.45) is -1.75. The third kappa shape index (κ3) is 5.06. The number of nitrogens with zero attached hydrogens (tertiary/aromatic N) is 4. The number of aromatic nitrogens is 2. The number of alkyl halides is 2. The zero-order valence-electron chi connectivity index (χ0n) is 16.6. The number of hydrogen-bond donors (Lipinski definition) is 1. The lowest BCUT2D eigenvalue weighted by atomic mass is 10.0. The number of piperazine rings is 1. The SMILES string of the molecule is CC(C)CC(O)C(=O)N1CCN(c2cc(-c3ccccc3C(F)F)ncn2)CC1. The monoisotopic (exact) mass is 404 g/mol. The Kier molecular flexibility index (Phi) is 6.74. The Hall–Kier alpha value is -2.61. The normalized spacial score (nSPS) is 15.8. The van der Waals surface area contributed by atoms with Crippen LogP contribution in [-0.4, -0.2) is 58.2 Å². The van der Waals surface area contributed by atoms with Crippen molar-refractivity contribution >= 4 is 11.7 Å². The molecule has 156 valence electrons. The van der Waals surface area contributed by atoms with Crippen molar-refractivity contribution in [2.75, 3.05) is 31.1 Å². The van der Waals surface area contributed by atoms with Gasteiger partial charge in [-0.15, -0.1) is 0 Å². The molecular formula is C21H26F2N4O2. The topological polar surface area (TPSA) is 69.6 Å². The fourth-order valence-electron chi connectivity index (χ4n) is 3.50. The molecule has 1 aromatic heterocycles. The van der Waals surface area contributed by atoms with Gasteiger partial charge in [0.1, 0.15) is 18.2 Å². The average Bonchev–Trinajstić information content (AvgIpc) is 2.73. The maximum atomic E-state index is 13.3. The molecule has 0 bridgehead atoms. The number of anilines is 1. The third-order valence-corrected chi connectivity index (χ3v) is 5.02. The Morgan fingerprint density at radius 3 is 2.48 bits per heavy atom. The first kappa shape index (κ1) is 21.1. The van der Waals surface area contributed by atoms with Crippen LogP contribution in [0.2, 0.25) is 0 Å². The second-order valence-electron chi connectivity index (χ2n) is 7.61. The molecule has 1 amide bonds. The van der Waals surface area contributed by atoms with E-state index in [-0.39, 0.29) is 17.4 Å². The van der Waals surface area contributed by atoms with Gasteiger partial charge in [-0.25, -0.2) is 18.7 Å². The van der Waals surface area contributed by atoms with Gasteiger partial charge in [0.25, 0.3) is 12.3 Å². The van der Waals surface area contributed by atoms with E-state index in [2.05, 4.69) is 9.97 Å². The molecule has 0 radical (unpaired) electrons. The van der Waals surface area contributed by atoms with E-state index in [9.17, 15) is 18.7 Å². The average molecular weight is 404 g/mol. The van der Waals surface area contributed by atoms with E-state index < -0.39 is 12.5 Å². The third-order valence-electron chi connectivity index (χ3n) is 5.02. The van der Waals surface area contributed by atoms with Crippen molar-refractivity contribution in [3.63, 3.8) is 0 Å². The molecule has 6 nitrogen and oxygen atoms in total. The van der Waals surface area contributed by atoms with Crippen LogP contribution in [0.1, 0.15) is 32.3 Å². The molecule has 1 fully saturated rings. The van der Waals surface area contributed by atoms with Gasteiger partial charge in [-0.2, -0.15) is 0 Å². The van der Waals surface area contributed by atoms with Crippen molar-refractivity contribution in [1.82, 2.24) is 14.9 Å². The zero-order chi connectivity index (χ0) is 21.0. The highest BCUT2D eigenvalue weighted by Gasteiger charge is 2.27. The molecule has 0 aliphatic carbocycles.